The number of likely N-dealkylation sites (N-methyl/N-ethyl adjacent to an activating group) is 1. The van der Waals surface area contributed by atoms with Crippen LogP contribution in [0.15, 0.2) is 0 Å². The van der Waals surface area contributed by atoms with E-state index >= 15 is 0 Å². The van der Waals surface area contributed by atoms with Crippen molar-refractivity contribution in [3.63, 3.8) is 0 Å². The van der Waals surface area contributed by atoms with E-state index in [1.165, 1.54) is 0 Å². The van der Waals surface area contributed by atoms with E-state index in [9.17, 15) is 65.5 Å². The van der Waals surface area contributed by atoms with Crippen molar-refractivity contribution < 1.29 is 70.6 Å². The number of sulfonamides is 1. The van der Waals surface area contributed by atoms with Gasteiger partial charge < -0.3 is 5.11 Å². The third kappa shape index (κ3) is 3.22. The lowest BCUT2D eigenvalue weighted by Gasteiger charge is -2.37. The lowest BCUT2D eigenvalue weighted by molar-refractivity contribution is -0.384. The van der Waals surface area contributed by atoms with E-state index in [-0.39, 0.29) is 0 Å². The van der Waals surface area contributed by atoms with Crippen LogP contribution in [0.1, 0.15) is 0 Å². The van der Waals surface area contributed by atoms with Crippen LogP contribution in [-0.4, -0.2) is 60.3 Å². The average molecular weight is 429 g/mol. The Kier molecular flexibility index (Phi) is 5.49. The number of alkyl halides is 13. The van der Waals surface area contributed by atoms with Crippen LogP contribution in [0.4, 0.5) is 57.1 Å². The minimum atomic E-state index is -8.00. The van der Waals surface area contributed by atoms with Crippen molar-refractivity contribution in [3.05, 3.63) is 0 Å². The Balaban J connectivity index is 6.43. The molecule has 0 unspecified atom stereocenters. The monoisotopic (exact) mass is 429 g/mol. The van der Waals surface area contributed by atoms with Crippen LogP contribution in [0.5, 0.6) is 0 Å². The molecular formula is C7H4F13NO3S. The molecule has 0 rings (SSSR count). The summed E-state index contributed by atoms with van der Waals surface area (Å²) < 4.78 is 182. The number of nitrogens with zero attached hydrogens (tertiary/aromatic N) is 1. The van der Waals surface area contributed by atoms with Gasteiger partial charge in [-0.2, -0.15) is 57.1 Å². The highest BCUT2D eigenvalue weighted by Crippen LogP contribution is 2.56. The summed E-state index contributed by atoms with van der Waals surface area (Å²) in [5.74, 6) is -15.7. The van der Waals surface area contributed by atoms with Gasteiger partial charge in [0.25, 0.3) is 10.0 Å². The quantitative estimate of drug-likeness (QED) is 0.522. The van der Waals surface area contributed by atoms with Crippen molar-refractivity contribution in [1.82, 2.24) is 4.31 Å². The second-order valence-corrected chi connectivity index (χ2v) is 6.23. The highest BCUT2D eigenvalue weighted by molar-refractivity contribution is 7.90. The number of hydrogen-bond donors (Lipinski definition) is 1. The molecule has 0 saturated heterocycles. The predicted octanol–water partition coefficient (Wildman–Crippen LogP) is 2.85. The first-order valence-corrected chi connectivity index (χ1v) is 6.51. The van der Waals surface area contributed by atoms with Gasteiger partial charge in [0, 0.05) is 7.05 Å². The van der Waals surface area contributed by atoms with Gasteiger partial charge in [0.2, 0.25) is 0 Å². The van der Waals surface area contributed by atoms with Crippen LogP contribution < -0.4 is 0 Å². The zero-order valence-electron chi connectivity index (χ0n) is 11.0. The molecule has 0 heterocycles. The summed E-state index contributed by atoms with van der Waals surface area (Å²) in [7, 11) is -8.99. The van der Waals surface area contributed by atoms with Crippen LogP contribution >= 0.6 is 0 Å². The fourth-order valence-electron chi connectivity index (χ4n) is 1.04. The van der Waals surface area contributed by atoms with Gasteiger partial charge in [-0.05, 0) is 0 Å². The predicted molar refractivity (Wildman–Crippen MR) is 49.7 cm³/mol. The highest BCUT2D eigenvalue weighted by Gasteiger charge is 2.86. The minimum Gasteiger partial charge on any atom is -0.330 e. The Bertz CT molecular complexity index is 604. The van der Waals surface area contributed by atoms with Crippen LogP contribution in [0, 0.1) is 0 Å². The largest absolute Gasteiger partial charge is 0.460 e. The fraction of sp³-hybridized carbons (Fsp3) is 1.00. The molecule has 0 saturated carbocycles. The van der Waals surface area contributed by atoms with Gasteiger partial charge in [0.15, 0.2) is 0 Å². The van der Waals surface area contributed by atoms with E-state index in [1.807, 2.05) is 0 Å². The average Bonchev–Trinajstić information content (AvgIpc) is 2.34. The van der Waals surface area contributed by atoms with Crippen LogP contribution in [0.2, 0.25) is 0 Å². The van der Waals surface area contributed by atoms with Crippen molar-refractivity contribution in [2.75, 3.05) is 7.05 Å². The third-order valence-corrected chi connectivity index (χ3v) is 4.41. The molecule has 0 aromatic carbocycles. The van der Waals surface area contributed by atoms with Gasteiger partial charge in [-0.25, -0.2) is 8.42 Å². The van der Waals surface area contributed by atoms with Crippen molar-refractivity contribution >= 4 is 10.0 Å². The van der Waals surface area contributed by atoms with Crippen LogP contribution in [0.25, 0.3) is 0 Å². The van der Waals surface area contributed by atoms with Crippen molar-refractivity contribution in [1.29, 1.82) is 0 Å². The lowest BCUT2D eigenvalue weighted by atomic mass is 10.1. The molecule has 0 aliphatic rings. The molecule has 0 bridgehead atoms. The fourth-order valence-corrected chi connectivity index (χ4v) is 2.24. The summed E-state index contributed by atoms with van der Waals surface area (Å²) in [6.07, 6.45) is -14.0. The normalized spacial score (nSPS) is 16.5. The Morgan fingerprint density at radius 3 is 1.28 bits per heavy atom. The van der Waals surface area contributed by atoms with E-state index in [2.05, 4.69) is 0 Å². The number of hydrogen-bond acceptors (Lipinski definition) is 3. The van der Waals surface area contributed by atoms with Gasteiger partial charge >= 0.3 is 35.4 Å². The maximum absolute atomic E-state index is 13.2. The summed E-state index contributed by atoms with van der Waals surface area (Å²) in [6, 6.07) is -6.61. The number of halogens is 13. The molecule has 0 fully saturated rings. The first-order valence-electron chi connectivity index (χ1n) is 5.07. The van der Waals surface area contributed by atoms with Crippen molar-refractivity contribution in [3.8, 4) is 0 Å². The molecule has 152 valence electrons. The maximum atomic E-state index is 13.2. The number of rotatable bonds is 6. The molecular weight excluding hydrogens is 425 g/mol. The van der Waals surface area contributed by atoms with E-state index in [0.717, 1.165) is 0 Å². The lowest BCUT2D eigenvalue weighted by Crippen LogP contribution is -2.67. The standard InChI is InChI=1S/C7H4F13NO3S/c1-21(5(15,16)6(17,18)22)25(23,24)7(19,20)3(10,11)2(8,9)4(12,13)14/h22H,1H3. The smallest absolute Gasteiger partial charge is 0.330 e. The van der Waals surface area contributed by atoms with Gasteiger partial charge in [-0.1, -0.05) is 0 Å². The van der Waals surface area contributed by atoms with E-state index < -0.39 is 56.8 Å². The molecule has 0 aromatic heterocycles. The van der Waals surface area contributed by atoms with Gasteiger partial charge in [-0.3, -0.25) is 0 Å². The molecule has 25 heavy (non-hydrogen) atoms. The molecule has 0 aliphatic heterocycles. The molecule has 0 aliphatic carbocycles. The van der Waals surface area contributed by atoms with E-state index in [1.54, 1.807) is 0 Å². The second-order valence-electron chi connectivity index (χ2n) is 4.22. The summed E-state index contributed by atoms with van der Waals surface area (Å²) in [4.78, 5) is 0. The summed E-state index contributed by atoms with van der Waals surface area (Å²) in [5.41, 5.74) is 0. The third-order valence-electron chi connectivity index (χ3n) is 2.56. The topological polar surface area (TPSA) is 57.6 Å². The van der Waals surface area contributed by atoms with Crippen molar-refractivity contribution in [2.45, 2.75) is 35.4 Å². The Hall–Kier alpha value is -1.04. The van der Waals surface area contributed by atoms with Gasteiger partial charge in [-0.15, -0.1) is 4.31 Å². The van der Waals surface area contributed by atoms with Crippen LogP contribution in [-0.2, 0) is 10.0 Å². The summed E-state index contributed by atoms with van der Waals surface area (Å²) >= 11 is 0. The first kappa shape index (κ1) is 24.0. The SMILES string of the molecule is CN(C(F)(F)C(O)(F)F)S(=O)(=O)C(F)(F)C(F)(F)C(F)(F)C(F)(F)F. The molecule has 18 heteroatoms. The van der Waals surface area contributed by atoms with E-state index in [4.69, 9.17) is 5.11 Å². The second kappa shape index (κ2) is 5.73. The maximum Gasteiger partial charge on any atom is 0.460 e. The zero-order chi connectivity index (χ0) is 21.1. The molecule has 4 nitrogen and oxygen atoms in total. The summed E-state index contributed by atoms with van der Waals surface area (Å²) in [5, 5.41) is 0.0365. The zero-order valence-corrected chi connectivity index (χ0v) is 11.8. The molecule has 0 aromatic rings. The van der Waals surface area contributed by atoms with Crippen LogP contribution in [0.3, 0.4) is 0 Å². The molecule has 1 N–H and O–H groups in total. The van der Waals surface area contributed by atoms with Gasteiger partial charge in [0.05, 0.1) is 0 Å². The Labute approximate surface area is 128 Å². The molecule has 0 atom stereocenters. The highest BCUT2D eigenvalue weighted by atomic mass is 32.2. The molecule has 0 radical (unpaired) electrons. The van der Waals surface area contributed by atoms with Gasteiger partial charge in [0.1, 0.15) is 0 Å². The Morgan fingerprint density at radius 2 is 1.04 bits per heavy atom. The summed E-state index contributed by atoms with van der Waals surface area (Å²) in [6.45, 7) is 0. The molecule has 0 amide bonds. The number of aliphatic hydroxyl groups is 1. The first-order chi connectivity index (χ1) is 10.4. The van der Waals surface area contributed by atoms with E-state index in [0.29, 0.717) is 0 Å². The minimum absolute atomic E-state index is 0.991. The van der Waals surface area contributed by atoms with Crippen molar-refractivity contribution in [2.24, 2.45) is 0 Å². The molecule has 0 spiro atoms. The Morgan fingerprint density at radius 1 is 0.720 bits per heavy atom.